The number of rotatable bonds is 7. The average Bonchev–Trinajstić information content (AvgIpc) is 3.52. The Morgan fingerprint density at radius 1 is 1.17 bits per heavy atom. The van der Waals surface area contributed by atoms with Crippen molar-refractivity contribution < 1.29 is 51.9 Å². The van der Waals surface area contributed by atoms with Crippen LogP contribution in [0.3, 0.4) is 0 Å². The molecule has 48 heavy (non-hydrogen) atoms. The van der Waals surface area contributed by atoms with Gasteiger partial charge in [-0.3, -0.25) is 9.59 Å². The Bertz CT molecular complexity index is 1710. The first-order valence-electron chi connectivity index (χ1n) is 16.1. The summed E-state index contributed by atoms with van der Waals surface area (Å²) in [7, 11) is 0. The quantitative estimate of drug-likeness (QED) is 0.333. The number of hydrogen-bond donors (Lipinski definition) is 3. The highest BCUT2D eigenvalue weighted by Gasteiger charge is 2.76. The molecule has 2 aromatic carbocycles. The van der Waals surface area contributed by atoms with Gasteiger partial charge in [-0.05, 0) is 85.6 Å². The maximum Gasteiger partial charge on any atom is 0.573 e. The van der Waals surface area contributed by atoms with Gasteiger partial charge in [0.15, 0.2) is 23.5 Å². The molecule has 12 heteroatoms. The Balaban J connectivity index is 1.23. The second-order valence-corrected chi connectivity index (χ2v) is 14.1. The predicted octanol–water partition coefficient (Wildman–Crippen LogP) is 5.35. The molecule has 9 atom stereocenters. The van der Waals surface area contributed by atoms with Gasteiger partial charge in [0.2, 0.25) is 0 Å². The lowest BCUT2D eigenvalue weighted by Gasteiger charge is -2.59. The molecule has 5 aliphatic rings. The van der Waals surface area contributed by atoms with E-state index < -0.39 is 59.4 Å². The van der Waals surface area contributed by atoms with Crippen LogP contribution in [0.1, 0.15) is 56.9 Å². The lowest BCUT2D eigenvalue weighted by molar-refractivity contribution is -0.275. The van der Waals surface area contributed by atoms with E-state index in [1.54, 1.807) is 30.3 Å². The molecular formula is C36H38F3NO8. The summed E-state index contributed by atoms with van der Waals surface area (Å²) in [5, 5.41) is 22.1. The van der Waals surface area contributed by atoms with Crippen LogP contribution in [0, 0.1) is 28.6 Å². The number of nitrogen functional groups attached to an aromatic ring is 1. The van der Waals surface area contributed by atoms with Gasteiger partial charge in [-0.25, -0.2) is 0 Å². The van der Waals surface area contributed by atoms with Crippen molar-refractivity contribution in [3.63, 3.8) is 0 Å². The van der Waals surface area contributed by atoms with E-state index in [0.29, 0.717) is 24.9 Å². The van der Waals surface area contributed by atoms with Gasteiger partial charge in [-0.1, -0.05) is 37.6 Å². The van der Waals surface area contributed by atoms with Crippen LogP contribution < -0.4 is 15.2 Å². The van der Waals surface area contributed by atoms with Crippen molar-refractivity contribution in [2.24, 2.45) is 28.6 Å². The summed E-state index contributed by atoms with van der Waals surface area (Å²) in [6.07, 6.45) is -1.51. The van der Waals surface area contributed by atoms with Gasteiger partial charge >= 0.3 is 6.36 Å². The van der Waals surface area contributed by atoms with Crippen molar-refractivity contribution in [2.45, 2.75) is 76.6 Å². The van der Waals surface area contributed by atoms with Crippen LogP contribution in [0.2, 0.25) is 0 Å². The average molecular weight is 670 g/mol. The zero-order valence-corrected chi connectivity index (χ0v) is 26.5. The Labute approximate surface area is 275 Å². The number of aliphatic hydroxyl groups excluding tert-OH is 2. The molecule has 3 saturated carbocycles. The van der Waals surface area contributed by atoms with Crippen LogP contribution in [0.25, 0.3) is 0 Å². The molecule has 0 amide bonds. The van der Waals surface area contributed by atoms with Gasteiger partial charge in [0, 0.05) is 22.4 Å². The smallest absolute Gasteiger partial charge is 0.489 e. The number of anilines is 1. The monoisotopic (exact) mass is 669 g/mol. The van der Waals surface area contributed by atoms with Crippen LogP contribution in [-0.2, 0) is 25.7 Å². The number of alkyl halides is 3. The highest BCUT2D eigenvalue weighted by atomic mass is 19.4. The van der Waals surface area contributed by atoms with Crippen molar-refractivity contribution in [1.82, 2.24) is 0 Å². The summed E-state index contributed by atoms with van der Waals surface area (Å²) in [4.78, 5) is 26.1. The van der Waals surface area contributed by atoms with E-state index in [9.17, 15) is 33.0 Å². The summed E-state index contributed by atoms with van der Waals surface area (Å²) in [5.74, 6) is -1.63. The summed E-state index contributed by atoms with van der Waals surface area (Å²) in [5.41, 5.74) is 4.62. The second-order valence-electron chi connectivity index (χ2n) is 14.1. The molecule has 4 aliphatic carbocycles. The molecule has 1 aliphatic heterocycles. The second kappa shape index (κ2) is 11.4. The van der Waals surface area contributed by atoms with E-state index in [0.717, 1.165) is 17.2 Å². The molecular weight excluding hydrogens is 631 g/mol. The van der Waals surface area contributed by atoms with Gasteiger partial charge in [-0.2, -0.15) is 0 Å². The highest BCUT2D eigenvalue weighted by Crippen LogP contribution is 2.70. The third-order valence-corrected chi connectivity index (χ3v) is 11.6. The molecule has 0 bridgehead atoms. The number of ketones is 2. The molecule has 2 aromatic rings. The molecule has 4 fully saturated rings. The molecule has 1 saturated heterocycles. The molecule has 9 nitrogen and oxygen atoms in total. The molecule has 4 N–H and O–H groups in total. The molecule has 0 radical (unpaired) electrons. The van der Waals surface area contributed by atoms with Crippen LogP contribution in [0.5, 0.6) is 11.5 Å². The standard InChI is InChI=1S/C36H38F3NO8/c1-33-11-10-22(42)13-20(33)6-8-24-26-15-30-35(29(44)17-41,34(26,2)16-27(43)31(24)33)48-32(46-30)25-14-23(7-9-28(25)47-36(37,38)39)45-18-19-4-3-5-21(40)12-19/h3-5,7,9-14,24,26-27,30-32,41,43H,6,8,15-18,40H2,1-2H3/t24-,26-,27-,30+,31+,32-,33-,34-,35+/m0/s1. The van der Waals surface area contributed by atoms with Crippen LogP contribution in [0.4, 0.5) is 18.9 Å². The lowest BCUT2D eigenvalue weighted by atomic mass is 9.46. The third kappa shape index (κ3) is 5.07. The Hall–Kier alpha value is -3.71. The Morgan fingerprint density at radius 3 is 2.69 bits per heavy atom. The number of benzene rings is 2. The molecule has 7 rings (SSSR count). The number of nitrogens with two attached hydrogens (primary N) is 1. The van der Waals surface area contributed by atoms with E-state index in [2.05, 4.69) is 4.74 Å². The van der Waals surface area contributed by atoms with Gasteiger partial charge < -0.3 is 34.9 Å². The van der Waals surface area contributed by atoms with E-state index >= 15 is 0 Å². The van der Waals surface area contributed by atoms with Crippen molar-refractivity contribution in [1.29, 1.82) is 0 Å². The number of Topliss-reactive ketones (excluding diaryl/α,β-unsaturated/α-hetero) is 1. The van der Waals surface area contributed by atoms with Gasteiger partial charge in [0.25, 0.3) is 0 Å². The van der Waals surface area contributed by atoms with Gasteiger partial charge in [0.05, 0.1) is 17.8 Å². The lowest BCUT2D eigenvalue weighted by Crippen LogP contribution is -2.63. The topological polar surface area (TPSA) is 138 Å². The number of allylic oxidation sites excluding steroid dienone is 4. The first kappa shape index (κ1) is 32.8. The summed E-state index contributed by atoms with van der Waals surface area (Å²) in [6.45, 7) is 3.07. The number of fused-ring (bicyclic) bond motifs is 7. The molecule has 0 aromatic heterocycles. The zero-order chi connectivity index (χ0) is 34.2. The number of carbonyl (C=O) groups is 2. The molecule has 256 valence electrons. The van der Waals surface area contributed by atoms with Crippen LogP contribution >= 0.6 is 0 Å². The SMILES string of the molecule is C[C@]12C=CC(=O)C=C1CC[C@@H]1[C@@H]2[C@@H](O)C[C@@]2(C)[C@H]1C[C@H]1O[C@H](c3cc(OCc4cccc(N)c4)ccc3OC(F)(F)F)O[C@]12C(=O)CO. The normalized spacial score (nSPS) is 36.8. The van der Waals surface area contributed by atoms with E-state index in [1.165, 1.54) is 18.2 Å². The number of halogens is 3. The minimum atomic E-state index is -5.03. The Kier molecular flexibility index (Phi) is 7.82. The highest BCUT2D eigenvalue weighted by molar-refractivity contribution is 6.01. The minimum absolute atomic E-state index is 0.0747. The van der Waals surface area contributed by atoms with Crippen molar-refractivity contribution >= 4 is 17.3 Å². The van der Waals surface area contributed by atoms with Crippen molar-refractivity contribution in [3.8, 4) is 11.5 Å². The molecule has 0 unspecified atom stereocenters. The Morgan fingerprint density at radius 2 is 1.96 bits per heavy atom. The maximum absolute atomic E-state index is 13.9. The number of aliphatic hydroxyl groups is 2. The van der Waals surface area contributed by atoms with Crippen molar-refractivity contribution in [3.05, 3.63) is 77.4 Å². The van der Waals surface area contributed by atoms with Crippen LogP contribution in [0.15, 0.2) is 66.3 Å². The zero-order valence-electron chi connectivity index (χ0n) is 26.5. The van der Waals surface area contributed by atoms with Crippen molar-refractivity contribution in [2.75, 3.05) is 12.3 Å². The fourth-order valence-corrected chi connectivity index (χ4v) is 9.69. The van der Waals surface area contributed by atoms with Gasteiger partial charge in [-0.15, -0.1) is 13.2 Å². The maximum atomic E-state index is 13.9. The predicted molar refractivity (Wildman–Crippen MR) is 165 cm³/mol. The summed E-state index contributed by atoms with van der Waals surface area (Å²) < 4.78 is 63.9. The minimum Gasteiger partial charge on any atom is -0.489 e. The summed E-state index contributed by atoms with van der Waals surface area (Å²) >= 11 is 0. The summed E-state index contributed by atoms with van der Waals surface area (Å²) in [6, 6.07) is 10.7. The van der Waals surface area contributed by atoms with Gasteiger partial charge in [0.1, 0.15) is 24.7 Å². The fourth-order valence-electron chi connectivity index (χ4n) is 9.69. The fraction of sp³-hybridized carbons (Fsp3) is 0.500. The molecule has 0 spiro atoms. The van der Waals surface area contributed by atoms with E-state index in [-0.39, 0.29) is 47.9 Å². The first-order chi connectivity index (χ1) is 22.7. The molecule has 1 heterocycles. The number of carbonyl (C=O) groups excluding carboxylic acids is 2. The number of hydrogen-bond acceptors (Lipinski definition) is 9. The largest absolute Gasteiger partial charge is 0.573 e. The van der Waals surface area contributed by atoms with E-state index in [4.69, 9.17) is 19.9 Å². The van der Waals surface area contributed by atoms with E-state index in [1.807, 2.05) is 19.9 Å². The number of ether oxygens (including phenoxy) is 4. The third-order valence-electron chi connectivity index (χ3n) is 11.6. The van der Waals surface area contributed by atoms with Crippen LogP contribution in [-0.4, -0.2) is 52.6 Å². The first-order valence-corrected chi connectivity index (χ1v) is 16.1.